The summed E-state index contributed by atoms with van der Waals surface area (Å²) in [4.78, 5) is 0. The third-order valence-electron chi connectivity index (χ3n) is 4.46. The minimum Gasteiger partial charge on any atom is -0.388 e. The Morgan fingerprint density at radius 2 is 1.10 bits per heavy atom. The minimum absolute atomic E-state index is 0.0297. The summed E-state index contributed by atoms with van der Waals surface area (Å²) in [5.74, 6) is -28.3. The lowest BCUT2D eigenvalue weighted by Crippen LogP contribution is -2.66. The van der Waals surface area contributed by atoms with Gasteiger partial charge in [0.05, 0.1) is 6.10 Å². The summed E-state index contributed by atoms with van der Waals surface area (Å²) in [7, 11) is 0. The normalized spacial score (nSPS) is 15.1. The van der Waals surface area contributed by atoms with Crippen molar-refractivity contribution in [1.82, 2.24) is 0 Å². The number of benzene rings is 2. The van der Waals surface area contributed by atoms with Crippen LogP contribution in [0.4, 0.5) is 48.3 Å². The van der Waals surface area contributed by atoms with Crippen LogP contribution in [0.15, 0.2) is 54.6 Å². The van der Waals surface area contributed by atoms with Crippen LogP contribution >= 0.6 is 0 Å². The molecule has 0 fully saturated rings. The van der Waals surface area contributed by atoms with Crippen molar-refractivity contribution in [1.29, 1.82) is 0 Å². The maximum absolute atomic E-state index is 14.0. The minimum atomic E-state index is -7.50. The lowest BCUT2D eigenvalue weighted by Gasteiger charge is -2.37. The van der Waals surface area contributed by atoms with E-state index in [0.29, 0.717) is 5.56 Å². The molecule has 0 saturated heterocycles. The lowest BCUT2D eigenvalue weighted by atomic mass is 9.89. The highest BCUT2D eigenvalue weighted by Gasteiger charge is 2.87. The van der Waals surface area contributed by atoms with Crippen molar-refractivity contribution < 1.29 is 53.4 Å². The fourth-order valence-corrected chi connectivity index (χ4v) is 2.75. The number of hydrogen-bond donors (Lipinski definition) is 1. The second-order valence-corrected chi connectivity index (χ2v) is 6.60. The molecule has 0 aliphatic heterocycles. The summed E-state index contributed by atoms with van der Waals surface area (Å²) in [6.45, 7) is 0. The van der Waals surface area contributed by atoms with Crippen molar-refractivity contribution in [3.63, 3.8) is 0 Å². The van der Waals surface area contributed by atoms with Crippen LogP contribution in [0, 0.1) is 0 Å². The van der Waals surface area contributed by atoms with E-state index in [-0.39, 0.29) is 5.56 Å². The molecule has 0 spiro atoms. The molecule has 0 aromatic heterocycles. The summed E-state index contributed by atoms with van der Waals surface area (Å²) < 4.78 is 145. The third kappa shape index (κ3) is 4.21. The van der Waals surface area contributed by atoms with Gasteiger partial charge in [0.2, 0.25) is 0 Å². The van der Waals surface area contributed by atoms with Gasteiger partial charge in [-0.3, -0.25) is 0 Å². The van der Waals surface area contributed by atoms with E-state index >= 15 is 0 Å². The van der Waals surface area contributed by atoms with E-state index in [0.717, 1.165) is 6.07 Å². The highest BCUT2D eigenvalue weighted by atomic mass is 19.4. The Labute approximate surface area is 168 Å². The zero-order chi connectivity index (χ0) is 23.9. The topological polar surface area (TPSA) is 20.2 Å². The lowest BCUT2D eigenvalue weighted by molar-refractivity contribution is -0.423. The highest BCUT2D eigenvalue weighted by Crippen LogP contribution is 2.58. The standard InChI is InChI=1S/C19H13F11O/c20-15(21,16(22,23)17(24,25)18(26,27)19(28,29)30)10-14(31)13-9-5-4-8-12(13)11-6-2-1-3-7-11/h1-9,14,31H,10H2. The van der Waals surface area contributed by atoms with E-state index < -0.39 is 48.0 Å². The average molecular weight is 466 g/mol. The molecular weight excluding hydrogens is 453 g/mol. The molecular formula is C19H13F11O. The van der Waals surface area contributed by atoms with Crippen molar-refractivity contribution in [3.05, 3.63) is 60.2 Å². The number of aliphatic hydroxyl groups is 1. The first-order valence-electron chi connectivity index (χ1n) is 8.38. The van der Waals surface area contributed by atoms with Crippen molar-refractivity contribution in [2.45, 2.75) is 42.4 Å². The zero-order valence-electron chi connectivity index (χ0n) is 15.1. The fraction of sp³-hybridized carbons (Fsp3) is 0.368. The Balaban J connectivity index is 2.42. The van der Waals surface area contributed by atoms with Gasteiger partial charge in [-0.05, 0) is 16.7 Å². The molecule has 1 N–H and O–H groups in total. The molecule has 31 heavy (non-hydrogen) atoms. The first-order chi connectivity index (χ1) is 14.0. The van der Waals surface area contributed by atoms with E-state index in [1.54, 1.807) is 6.07 Å². The Kier molecular flexibility index (Phi) is 6.39. The molecule has 2 aromatic rings. The molecule has 12 heteroatoms. The summed E-state index contributed by atoms with van der Waals surface area (Å²) >= 11 is 0. The summed E-state index contributed by atoms with van der Waals surface area (Å²) in [5, 5.41) is 10.0. The van der Waals surface area contributed by atoms with E-state index in [1.807, 2.05) is 0 Å². The van der Waals surface area contributed by atoms with Gasteiger partial charge in [0, 0.05) is 6.42 Å². The zero-order valence-corrected chi connectivity index (χ0v) is 15.1. The van der Waals surface area contributed by atoms with Gasteiger partial charge in [0.15, 0.2) is 0 Å². The number of hydrogen-bond acceptors (Lipinski definition) is 1. The van der Waals surface area contributed by atoms with Crippen molar-refractivity contribution in [2.24, 2.45) is 0 Å². The van der Waals surface area contributed by atoms with Gasteiger partial charge in [-0.15, -0.1) is 0 Å². The first kappa shape index (κ1) is 24.9. The Bertz CT molecular complexity index is 891. The third-order valence-corrected chi connectivity index (χ3v) is 4.46. The van der Waals surface area contributed by atoms with Gasteiger partial charge >= 0.3 is 29.9 Å². The number of halogens is 11. The predicted octanol–water partition coefficient (Wildman–Crippen LogP) is 6.88. The quantitative estimate of drug-likeness (QED) is 0.441. The van der Waals surface area contributed by atoms with Crippen molar-refractivity contribution in [2.75, 3.05) is 0 Å². The molecule has 0 bridgehead atoms. The van der Waals surface area contributed by atoms with Gasteiger partial charge in [-0.1, -0.05) is 54.6 Å². The maximum atomic E-state index is 14.0. The number of rotatable bonds is 7. The van der Waals surface area contributed by atoms with Crippen LogP contribution in [0.25, 0.3) is 11.1 Å². The molecule has 1 nitrogen and oxygen atoms in total. The Morgan fingerprint density at radius 1 is 0.613 bits per heavy atom. The number of aliphatic hydroxyl groups excluding tert-OH is 1. The molecule has 0 aliphatic rings. The second-order valence-electron chi connectivity index (χ2n) is 6.60. The van der Waals surface area contributed by atoms with Crippen molar-refractivity contribution >= 4 is 0 Å². The summed E-state index contributed by atoms with van der Waals surface area (Å²) in [5.41, 5.74) is -0.113. The van der Waals surface area contributed by atoms with Gasteiger partial charge in [0.25, 0.3) is 0 Å². The predicted molar refractivity (Wildman–Crippen MR) is 87.3 cm³/mol. The highest BCUT2D eigenvalue weighted by molar-refractivity contribution is 5.67. The molecule has 0 amide bonds. The molecule has 0 aliphatic carbocycles. The second kappa shape index (κ2) is 7.95. The van der Waals surface area contributed by atoms with E-state index in [9.17, 15) is 53.4 Å². The summed E-state index contributed by atoms with van der Waals surface area (Å²) in [6, 6.07) is 12.3. The van der Waals surface area contributed by atoms with Gasteiger partial charge in [-0.25, -0.2) is 0 Å². The smallest absolute Gasteiger partial charge is 0.388 e. The van der Waals surface area contributed by atoms with Crippen LogP contribution < -0.4 is 0 Å². The van der Waals surface area contributed by atoms with Crippen molar-refractivity contribution in [3.8, 4) is 11.1 Å². The Morgan fingerprint density at radius 3 is 1.61 bits per heavy atom. The van der Waals surface area contributed by atoms with Crippen LogP contribution in [0.1, 0.15) is 18.1 Å². The maximum Gasteiger partial charge on any atom is 0.460 e. The monoisotopic (exact) mass is 466 g/mol. The largest absolute Gasteiger partial charge is 0.460 e. The average Bonchev–Trinajstić information content (AvgIpc) is 2.67. The van der Waals surface area contributed by atoms with Gasteiger partial charge < -0.3 is 5.11 Å². The fourth-order valence-electron chi connectivity index (χ4n) is 2.75. The molecule has 1 unspecified atom stereocenters. The van der Waals surface area contributed by atoms with Crippen LogP contribution in [0.2, 0.25) is 0 Å². The van der Waals surface area contributed by atoms with Crippen LogP contribution in [-0.4, -0.2) is 35.0 Å². The summed E-state index contributed by atoms with van der Waals surface area (Å²) in [6.07, 6.45) is -12.4. The van der Waals surface area contributed by atoms with Crippen LogP contribution in [0.5, 0.6) is 0 Å². The molecule has 0 heterocycles. The van der Waals surface area contributed by atoms with Gasteiger partial charge in [0.1, 0.15) is 0 Å². The van der Waals surface area contributed by atoms with E-state index in [2.05, 4.69) is 0 Å². The first-order valence-corrected chi connectivity index (χ1v) is 8.38. The molecule has 2 rings (SSSR count). The van der Waals surface area contributed by atoms with Crippen LogP contribution in [0.3, 0.4) is 0 Å². The van der Waals surface area contributed by atoms with E-state index in [4.69, 9.17) is 0 Å². The Hall–Kier alpha value is -2.37. The molecule has 172 valence electrons. The molecule has 0 radical (unpaired) electrons. The number of alkyl halides is 11. The van der Waals surface area contributed by atoms with E-state index in [1.165, 1.54) is 42.5 Å². The SMILES string of the molecule is OC(CC(F)(F)C(F)(F)C(F)(F)C(F)(F)C(F)(F)F)c1ccccc1-c1ccccc1. The molecule has 0 saturated carbocycles. The van der Waals surface area contributed by atoms with Crippen LogP contribution in [-0.2, 0) is 0 Å². The molecule has 1 atom stereocenters. The van der Waals surface area contributed by atoms with Gasteiger partial charge in [-0.2, -0.15) is 48.3 Å². The molecule has 2 aromatic carbocycles.